The lowest BCUT2D eigenvalue weighted by molar-refractivity contribution is 0.507. The average molecular weight is 262 g/mol. The van der Waals surface area contributed by atoms with Gasteiger partial charge in [0.25, 0.3) is 0 Å². The summed E-state index contributed by atoms with van der Waals surface area (Å²) in [5.41, 5.74) is 5.91. The Kier molecular flexibility index (Phi) is 4.29. The maximum atomic E-state index is 12.9. The Labute approximate surface area is 112 Å². The van der Waals surface area contributed by atoms with Crippen LogP contribution in [0.4, 0.5) is 4.39 Å². The van der Waals surface area contributed by atoms with Crippen molar-refractivity contribution in [2.24, 2.45) is 12.9 Å². The van der Waals surface area contributed by atoms with E-state index in [0.717, 1.165) is 23.4 Å². The van der Waals surface area contributed by atoms with Gasteiger partial charge in [-0.1, -0.05) is 19.1 Å². The zero-order valence-electron chi connectivity index (χ0n) is 11.2. The molecule has 0 aliphatic heterocycles. The third-order valence-corrected chi connectivity index (χ3v) is 3.24. The molecule has 0 radical (unpaired) electrons. The van der Waals surface area contributed by atoms with E-state index in [-0.39, 0.29) is 11.9 Å². The molecule has 1 aromatic carbocycles. The van der Waals surface area contributed by atoms with Crippen LogP contribution in [0, 0.1) is 5.82 Å². The zero-order valence-corrected chi connectivity index (χ0v) is 11.2. The van der Waals surface area contributed by atoms with Gasteiger partial charge in [0, 0.05) is 7.05 Å². The molecule has 0 saturated carbocycles. The molecule has 19 heavy (non-hydrogen) atoms. The third kappa shape index (κ3) is 3.19. The number of aromatic nitrogens is 2. The van der Waals surface area contributed by atoms with Crippen molar-refractivity contribution in [1.29, 1.82) is 0 Å². The van der Waals surface area contributed by atoms with Crippen LogP contribution in [0.5, 0.6) is 0 Å². The summed E-state index contributed by atoms with van der Waals surface area (Å²) in [6, 6.07) is 8.48. The van der Waals surface area contributed by atoms with Gasteiger partial charge in [-0.15, -0.1) is 0 Å². The number of benzene rings is 1. The van der Waals surface area contributed by atoms with Gasteiger partial charge in [0.15, 0.2) is 0 Å². The Balaban J connectivity index is 2.19. The molecule has 1 aromatic heterocycles. The van der Waals surface area contributed by atoms with Gasteiger partial charge in [-0.3, -0.25) is 16.0 Å². The molecule has 1 heterocycles. The lowest BCUT2D eigenvalue weighted by Gasteiger charge is -2.16. The van der Waals surface area contributed by atoms with Crippen LogP contribution in [0.2, 0.25) is 0 Å². The maximum absolute atomic E-state index is 12.9. The summed E-state index contributed by atoms with van der Waals surface area (Å²) >= 11 is 0. The normalized spacial score (nSPS) is 12.6. The molecule has 0 aliphatic carbocycles. The zero-order chi connectivity index (χ0) is 13.8. The molecule has 2 rings (SSSR count). The summed E-state index contributed by atoms with van der Waals surface area (Å²) < 4.78 is 14.7. The van der Waals surface area contributed by atoms with Gasteiger partial charge in [0.2, 0.25) is 0 Å². The van der Waals surface area contributed by atoms with Crippen LogP contribution in [-0.2, 0) is 19.9 Å². The van der Waals surface area contributed by atoms with Crippen LogP contribution in [0.3, 0.4) is 0 Å². The lowest BCUT2D eigenvalue weighted by Crippen LogP contribution is -2.31. The molecule has 4 nitrogen and oxygen atoms in total. The average Bonchev–Trinajstić information content (AvgIpc) is 2.79. The van der Waals surface area contributed by atoms with Gasteiger partial charge in [-0.05, 0) is 36.6 Å². The first-order valence-electron chi connectivity index (χ1n) is 6.37. The van der Waals surface area contributed by atoms with E-state index in [1.54, 1.807) is 12.1 Å². The molecule has 0 aliphatic rings. The second-order valence-corrected chi connectivity index (χ2v) is 4.59. The molecule has 1 unspecified atom stereocenters. The van der Waals surface area contributed by atoms with E-state index < -0.39 is 0 Å². The number of hydrazine groups is 1. The van der Waals surface area contributed by atoms with Crippen molar-refractivity contribution in [2.75, 3.05) is 0 Å². The highest BCUT2D eigenvalue weighted by atomic mass is 19.1. The summed E-state index contributed by atoms with van der Waals surface area (Å²) in [5.74, 6) is 5.41. The second kappa shape index (κ2) is 5.95. The summed E-state index contributed by atoms with van der Waals surface area (Å²) in [6.07, 6.45) is 1.58. The van der Waals surface area contributed by atoms with Crippen molar-refractivity contribution in [3.05, 3.63) is 53.1 Å². The monoisotopic (exact) mass is 262 g/mol. The van der Waals surface area contributed by atoms with Gasteiger partial charge in [0.05, 0.1) is 17.4 Å². The van der Waals surface area contributed by atoms with Crippen LogP contribution in [-0.4, -0.2) is 9.78 Å². The van der Waals surface area contributed by atoms with Crippen LogP contribution in [0.25, 0.3) is 0 Å². The van der Waals surface area contributed by atoms with Crippen molar-refractivity contribution in [1.82, 2.24) is 15.2 Å². The van der Waals surface area contributed by atoms with Gasteiger partial charge in [-0.2, -0.15) is 5.10 Å². The van der Waals surface area contributed by atoms with Crippen molar-refractivity contribution < 1.29 is 4.39 Å². The second-order valence-electron chi connectivity index (χ2n) is 4.59. The molecule has 0 spiro atoms. The molecular weight excluding hydrogens is 243 g/mol. The predicted octanol–water partition coefficient (Wildman–Crippen LogP) is 1.87. The molecule has 102 valence electrons. The number of halogens is 1. The SMILES string of the molecule is CCc1cc(C(Cc2ccc(F)cc2)NN)n(C)n1. The van der Waals surface area contributed by atoms with Gasteiger partial charge in [0.1, 0.15) is 5.82 Å². The van der Waals surface area contributed by atoms with Crippen LogP contribution >= 0.6 is 0 Å². The van der Waals surface area contributed by atoms with Crippen LogP contribution in [0.15, 0.2) is 30.3 Å². The Morgan fingerprint density at radius 1 is 1.37 bits per heavy atom. The summed E-state index contributed by atoms with van der Waals surface area (Å²) in [6.45, 7) is 2.07. The number of aryl methyl sites for hydroxylation is 2. The van der Waals surface area contributed by atoms with Crippen molar-refractivity contribution in [2.45, 2.75) is 25.8 Å². The highest BCUT2D eigenvalue weighted by molar-refractivity contribution is 5.21. The number of hydrogen-bond donors (Lipinski definition) is 2. The Morgan fingerprint density at radius 3 is 2.58 bits per heavy atom. The van der Waals surface area contributed by atoms with Gasteiger partial charge in [-0.25, -0.2) is 4.39 Å². The predicted molar refractivity (Wildman–Crippen MR) is 72.8 cm³/mol. The molecule has 3 N–H and O–H groups in total. The summed E-state index contributed by atoms with van der Waals surface area (Å²) in [4.78, 5) is 0. The molecule has 0 amide bonds. The van der Waals surface area contributed by atoms with E-state index in [0.29, 0.717) is 6.42 Å². The van der Waals surface area contributed by atoms with E-state index in [1.165, 1.54) is 12.1 Å². The molecule has 5 heteroatoms. The number of nitrogens with one attached hydrogen (secondary N) is 1. The minimum Gasteiger partial charge on any atom is -0.271 e. The molecule has 0 saturated heterocycles. The number of hydrogen-bond acceptors (Lipinski definition) is 3. The Hall–Kier alpha value is -1.72. The van der Waals surface area contributed by atoms with Gasteiger partial charge < -0.3 is 0 Å². The quantitative estimate of drug-likeness (QED) is 0.639. The van der Waals surface area contributed by atoms with Crippen molar-refractivity contribution in [3.8, 4) is 0 Å². The molecular formula is C14H19FN4. The van der Waals surface area contributed by atoms with Crippen molar-refractivity contribution in [3.63, 3.8) is 0 Å². The van der Waals surface area contributed by atoms with Gasteiger partial charge >= 0.3 is 0 Å². The minimum absolute atomic E-state index is 0.0386. The Bertz CT molecular complexity index is 533. The fraction of sp³-hybridized carbons (Fsp3) is 0.357. The minimum atomic E-state index is -0.227. The first kappa shape index (κ1) is 13.7. The topological polar surface area (TPSA) is 55.9 Å². The number of rotatable bonds is 5. The first-order chi connectivity index (χ1) is 9.13. The fourth-order valence-corrected chi connectivity index (χ4v) is 2.15. The molecule has 1 atom stereocenters. The number of nitrogens with two attached hydrogens (primary N) is 1. The maximum Gasteiger partial charge on any atom is 0.123 e. The highest BCUT2D eigenvalue weighted by Crippen LogP contribution is 2.19. The summed E-state index contributed by atoms with van der Waals surface area (Å²) in [5, 5.41) is 4.41. The third-order valence-electron chi connectivity index (χ3n) is 3.24. The summed E-state index contributed by atoms with van der Waals surface area (Å²) in [7, 11) is 1.91. The van der Waals surface area contributed by atoms with E-state index in [9.17, 15) is 4.39 Å². The molecule has 0 bridgehead atoms. The largest absolute Gasteiger partial charge is 0.271 e. The van der Waals surface area contributed by atoms with E-state index >= 15 is 0 Å². The van der Waals surface area contributed by atoms with E-state index in [1.807, 2.05) is 17.8 Å². The van der Waals surface area contributed by atoms with Crippen LogP contribution < -0.4 is 11.3 Å². The van der Waals surface area contributed by atoms with E-state index in [2.05, 4.69) is 17.4 Å². The van der Waals surface area contributed by atoms with E-state index in [4.69, 9.17) is 5.84 Å². The highest BCUT2D eigenvalue weighted by Gasteiger charge is 2.15. The first-order valence-corrected chi connectivity index (χ1v) is 6.37. The van der Waals surface area contributed by atoms with Crippen LogP contribution in [0.1, 0.15) is 29.9 Å². The van der Waals surface area contributed by atoms with Crippen molar-refractivity contribution >= 4 is 0 Å². The Morgan fingerprint density at radius 2 is 2.05 bits per heavy atom. The molecule has 2 aromatic rings. The standard InChI is InChI=1S/C14H19FN4/c1-3-12-9-14(19(2)18-12)13(17-16)8-10-4-6-11(15)7-5-10/h4-7,9,13,17H,3,8,16H2,1-2H3. The lowest BCUT2D eigenvalue weighted by atomic mass is 10.0. The molecule has 0 fully saturated rings. The fourth-order valence-electron chi connectivity index (χ4n) is 2.15. The number of nitrogens with zero attached hydrogens (tertiary/aromatic N) is 2. The smallest absolute Gasteiger partial charge is 0.123 e.